The third-order valence-corrected chi connectivity index (χ3v) is 3.44. The van der Waals surface area contributed by atoms with Gasteiger partial charge in [0.2, 0.25) is 0 Å². The maximum absolute atomic E-state index is 13.5. The molecule has 0 heterocycles. The summed E-state index contributed by atoms with van der Waals surface area (Å²) in [7, 11) is 1.53. The summed E-state index contributed by atoms with van der Waals surface area (Å²) in [4.78, 5) is 0. The highest BCUT2D eigenvalue weighted by molar-refractivity contribution is 9.08. The van der Waals surface area contributed by atoms with Gasteiger partial charge in [0.25, 0.3) is 0 Å². The molecule has 2 aromatic rings. The number of ether oxygens (including phenoxy) is 2. The van der Waals surface area contributed by atoms with Crippen LogP contribution >= 0.6 is 15.9 Å². The van der Waals surface area contributed by atoms with Gasteiger partial charge in [-0.25, -0.2) is 8.78 Å². The highest BCUT2D eigenvalue weighted by Gasteiger charge is 2.10. The van der Waals surface area contributed by atoms with E-state index in [2.05, 4.69) is 15.9 Å². The molecule has 5 heteroatoms. The lowest BCUT2D eigenvalue weighted by atomic mass is 10.2. The van der Waals surface area contributed by atoms with Crippen molar-refractivity contribution in [3.05, 3.63) is 59.2 Å². The van der Waals surface area contributed by atoms with Gasteiger partial charge < -0.3 is 9.47 Å². The van der Waals surface area contributed by atoms with Crippen LogP contribution in [0.3, 0.4) is 0 Å². The molecule has 0 aliphatic heterocycles. The Balaban J connectivity index is 2.16. The van der Waals surface area contributed by atoms with E-state index in [9.17, 15) is 8.78 Å². The van der Waals surface area contributed by atoms with E-state index >= 15 is 0 Å². The van der Waals surface area contributed by atoms with Crippen LogP contribution in [0.25, 0.3) is 0 Å². The van der Waals surface area contributed by atoms with Gasteiger partial charge in [0.1, 0.15) is 6.61 Å². The van der Waals surface area contributed by atoms with Crippen molar-refractivity contribution in [2.75, 3.05) is 7.11 Å². The van der Waals surface area contributed by atoms with Gasteiger partial charge in [0.15, 0.2) is 23.1 Å². The Morgan fingerprint density at radius 3 is 2.60 bits per heavy atom. The Kier molecular flexibility index (Phi) is 4.95. The lowest BCUT2D eigenvalue weighted by molar-refractivity contribution is 0.278. The number of hydrogen-bond acceptors (Lipinski definition) is 2. The summed E-state index contributed by atoms with van der Waals surface area (Å²) in [5.74, 6) is -0.726. The highest BCUT2D eigenvalue weighted by atomic mass is 79.9. The second kappa shape index (κ2) is 6.70. The van der Waals surface area contributed by atoms with E-state index in [0.29, 0.717) is 16.8 Å². The molecule has 0 bridgehead atoms. The minimum absolute atomic E-state index is 0.0619. The SMILES string of the molecule is COc1cc(CBr)ccc1OCc1cccc(F)c1F. The Hall–Kier alpha value is -1.62. The average molecular weight is 343 g/mol. The van der Waals surface area contributed by atoms with Gasteiger partial charge in [-0.3, -0.25) is 0 Å². The molecule has 0 spiro atoms. The van der Waals surface area contributed by atoms with Crippen molar-refractivity contribution in [2.45, 2.75) is 11.9 Å². The molecule has 0 aromatic heterocycles. The molecule has 106 valence electrons. The largest absolute Gasteiger partial charge is 0.493 e. The number of alkyl halides is 1. The van der Waals surface area contributed by atoms with Crippen LogP contribution in [0.2, 0.25) is 0 Å². The third-order valence-electron chi connectivity index (χ3n) is 2.80. The van der Waals surface area contributed by atoms with Gasteiger partial charge in [-0.15, -0.1) is 0 Å². The minimum atomic E-state index is -0.886. The molecule has 20 heavy (non-hydrogen) atoms. The molecule has 0 unspecified atom stereocenters. The van der Waals surface area contributed by atoms with Crippen LogP contribution in [0, 0.1) is 11.6 Å². The summed E-state index contributed by atoms with van der Waals surface area (Å²) >= 11 is 3.35. The first kappa shape index (κ1) is 14.8. The summed E-state index contributed by atoms with van der Waals surface area (Å²) in [6.07, 6.45) is 0. The monoisotopic (exact) mass is 342 g/mol. The van der Waals surface area contributed by atoms with Crippen LogP contribution in [0.4, 0.5) is 8.78 Å². The predicted octanol–water partition coefficient (Wildman–Crippen LogP) is 4.45. The highest BCUT2D eigenvalue weighted by Crippen LogP contribution is 2.29. The van der Waals surface area contributed by atoms with Crippen molar-refractivity contribution in [2.24, 2.45) is 0 Å². The first-order valence-corrected chi connectivity index (χ1v) is 7.06. The summed E-state index contributed by atoms with van der Waals surface area (Å²) in [5, 5.41) is 0.697. The van der Waals surface area contributed by atoms with E-state index in [1.807, 2.05) is 12.1 Å². The quantitative estimate of drug-likeness (QED) is 0.747. The first-order chi connectivity index (χ1) is 9.65. The van der Waals surface area contributed by atoms with E-state index in [1.54, 1.807) is 6.07 Å². The molecular weight excluding hydrogens is 330 g/mol. The zero-order valence-corrected chi connectivity index (χ0v) is 12.4. The minimum Gasteiger partial charge on any atom is -0.493 e. The van der Waals surface area contributed by atoms with Crippen LogP contribution in [-0.2, 0) is 11.9 Å². The summed E-state index contributed by atoms with van der Waals surface area (Å²) in [6, 6.07) is 9.44. The van der Waals surface area contributed by atoms with Gasteiger partial charge in [-0.2, -0.15) is 0 Å². The molecule has 2 aromatic carbocycles. The summed E-state index contributed by atoms with van der Waals surface area (Å²) < 4.78 is 37.3. The van der Waals surface area contributed by atoms with E-state index in [4.69, 9.17) is 9.47 Å². The number of benzene rings is 2. The number of methoxy groups -OCH3 is 1. The van der Waals surface area contributed by atoms with Crippen LogP contribution < -0.4 is 9.47 Å². The van der Waals surface area contributed by atoms with Crippen LogP contribution in [0.1, 0.15) is 11.1 Å². The number of halogens is 3. The molecule has 0 atom stereocenters. The molecule has 0 saturated carbocycles. The zero-order chi connectivity index (χ0) is 14.5. The Morgan fingerprint density at radius 1 is 1.10 bits per heavy atom. The first-order valence-electron chi connectivity index (χ1n) is 5.94. The number of rotatable bonds is 5. The average Bonchev–Trinajstić information content (AvgIpc) is 2.48. The normalized spacial score (nSPS) is 10.4. The Labute approximate surface area is 124 Å². The van der Waals surface area contributed by atoms with Crippen molar-refractivity contribution in [3.8, 4) is 11.5 Å². The van der Waals surface area contributed by atoms with Crippen molar-refractivity contribution in [1.82, 2.24) is 0 Å². The molecule has 2 rings (SSSR count). The second-order valence-corrected chi connectivity index (χ2v) is 4.68. The molecule has 0 radical (unpaired) electrons. The maximum atomic E-state index is 13.5. The molecule has 0 N–H and O–H groups in total. The molecule has 0 amide bonds. The molecule has 0 fully saturated rings. The predicted molar refractivity (Wildman–Crippen MR) is 76.3 cm³/mol. The molecule has 0 saturated heterocycles. The second-order valence-electron chi connectivity index (χ2n) is 4.12. The van der Waals surface area contributed by atoms with Crippen LogP contribution in [-0.4, -0.2) is 7.11 Å². The fourth-order valence-electron chi connectivity index (χ4n) is 1.73. The van der Waals surface area contributed by atoms with Crippen molar-refractivity contribution in [1.29, 1.82) is 0 Å². The van der Waals surface area contributed by atoms with Crippen LogP contribution in [0.15, 0.2) is 36.4 Å². The van der Waals surface area contributed by atoms with Crippen molar-refractivity contribution in [3.63, 3.8) is 0 Å². The van der Waals surface area contributed by atoms with E-state index in [1.165, 1.54) is 19.2 Å². The van der Waals surface area contributed by atoms with Gasteiger partial charge in [-0.1, -0.05) is 34.1 Å². The lowest BCUT2D eigenvalue weighted by Crippen LogP contribution is -2.01. The number of hydrogen-bond donors (Lipinski definition) is 0. The standard InChI is InChI=1S/C15H13BrF2O2/c1-19-14-7-10(8-16)5-6-13(14)20-9-11-3-2-4-12(17)15(11)18/h2-7H,8-9H2,1H3. The van der Waals surface area contributed by atoms with E-state index in [0.717, 1.165) is 11.6 Å². The molecule has 2 nitrogen and oxygen atoms in total. The fraction of sp³-hybridized carbons (Fsp3) is 0.200. The lowest BCUT2D eigenvalue weighted by Gasteiger charge is -2.12. The van der Waals surface area contributed by atoms with Gasteiger partial charge in [-0.05, 0) is 23.8 Å². The molecule has 0 aliphatic rings. The summed E-state index contributed by atoms with van der Waals surface area (Å²) in [6.45, 7) is -0.0619. The van der Waals surface area contributed by atoms with E-state index in [-0.39, 0.29) is 12.2 Å². The molecular formula is C15H13BrF2O2. The van der Waals surface area contributed by atoms with Gasteiger partial charge in [0, 0.05) is 10.9 Å². The smallest absolute Gasteiger partial charge is 0.165 e. The Morgan fingerprint density at radius 2 is 1.90 bits per heavy atom. The zero-order valence-electron chi connectivity index (χ0n) is 10.8. The molecule has 0 aliphatic carbocycles. The Bertz CT molecular complexity index is 602. The van der Waals surface area contributed by atoms with Gasteiger partial charge in [0.05, 0.1) is 7.11 Å². The maximum Gasteiger partial charge on any atom is 0.165 e. The third kappa shape index (κ3) is 3.28. The van der Waals surface area contributed by atoms with E-state index < -0.39 is 11.6 Å². The summed E-state index contributed by atoms with van der Waals surface area (Å²) in [5.41, 5.74) is 1.20. The topological polar surface area (TPSA) is 18.5 Å². The van der Waals surface area contributed by atoms with Gasteiger partial charge >= 0.3 is 0 Å². The fourth-order valence-corrected chi connectivity index (χ4v) is 2.08. The van der Waals surface area contributed by atoms with Crippen LogP contribution in [0.5, 0.6) is 11.5 Å². The van der Waals surface area contributed by atoms with Crippen molar-refractivity contribution < 1.29 is 18.3 Å². The van der Waals surface area contributed by atoms with Crippen molar-refractivity contribution >= 4 is 15.9 Å².